The van der Waals surface area contributed by atoms with Crippen molar-refractivity contribution in [3.8, 4) is 90.8 Å². The molecule has 0 spiro atoms. The number of hydrogen-bond acceptors (Lipinski definition) is 13. The van der Waals surface area contributed by atoms with Crippen LogP contribution in [0.3, 0.4) is 0 Å². The molecule has 0 fully saturated rings. The summed E-state index contributed by atoms with van der Waals surface area (Å²) in [7, 11) is 0. The lowest BCUT2D eigenvalue weighted by Gasteiger charge is -2.14. The fraction of sp³-hybridized carbons (Fsp3) is 0. The number of nitrogens with zero attached hydrogens (tertiary/aromatic N) is 8. The normalized spacial score (nSPS) is 12.0. The van der Waals surface area contributed by atoms with Gasteiger partial charge in [-0.3, -0.25) is 0 Å². The van der Waals surface area contributed by atoms with Crippen molar-refractivity contribution in [1.29, 1.82) is 0 Å². The first-order valence-corrected chi connectivity index (χ1v) is 49.4. The van der Waals surface area contributed by atoms with E-state index in [9.17, 15) is 0 Å². The van der Waals surface area contributed by atoms with Gasteiger partial charge in [0.2, 0.25) is 0 Å². The minimum absolute atomic E-state index is 0.602. The molecule has 0 aliphatic rings. The Labute approximate surface area is 829 Å². The van der Waals surface area contributed by atoms with Crippen LogP contribution in [0, 0.1) is 0 Å². The Morgan fingerprint density at radius 2 is 0.524 bits per heavy atom. The van der Waals surface area contributed by atoms with Gasteiger partial charge in [-0.15, -0.1) is 11.3 Å². The maximum atomic E-state index is 6.42. The van der Waals surface area contributed by atoms with Crippen LogP contribution in [0.4, 0.5) is 0 Å². The average Bonchev–Trinajstić information content (AvgIpc) is 1.68. The number of para-hydroxylation sites is 4. The number of aromatic nitrogens is 8. The van der Waals surface area contributed by atoms with Crippen molar-refractivity contribution >= 4 is 238 Å². The van der Waals surface area contributed by atoms with E-state index in [0.29, 0.717) is 34.9 Å². The van der Waals surface area contributed by atoms with E-state index >= 15 is 0 Å². The topological polar surface area (TPSA) is 156 Å². The molecule has 0 amide bonds. The van der Waals surface area contributed by atoms with Crippen LogP contribution in [0.2, 0.25) is 0 Å². The Morgan fingerprint density at radius 3 is 1.12 bits per heavy atom. The first kappa shape index (κ1) is 81.6. The van der Waals surface area contributed by atoms with Crippen molar-refractivity contribution in [3.05, 3.63) is 449 Å². The van der Waals surface area contributed by atoms with Crippen LogP contribution < -0.4 is 0 Å². The molecule has 0 saturated carbocycles. The van der Waals surface area contributed by atoms with Gasteiger partial charge in [0.05, 0.1) is 22.4 Å². The molecule has 0 unspecified atom stereocenters. The lowest BCUT2D eigenvalue weighted by Crippen LogP contribution is -2.00. The van der Waals surface area contributed by atoms with Crippen LogP contribution in [0.15, 0.2) is 467 Å². The molecule has 0 N–H and O–H groups in total. The summed E-state index contributed by atoms with van der Waals surface area (Å²) in [6, 6.07) is 157. The van der Waals surface area contributed by atoms with Crippen molar-refractivity contribution in [2.45, 2.75) is 0 Å². The molecule has 12 nitrogen and oxygen atoms in total. The van der Waals surface area contributed by atoms with Crippen LogP contribution in [0.1, 0.15) is 0 Å². The van der Waals surface area contributed by atoms with Crippen LogP contribution in [0.5, 0.6) is 0 Å². The van der Waals surface area contributed by atoms with Gasteiger partial charge >= 0.3 is 0 Å². The van der Waals surface area contributed by atoms with E-state index < -0.39 is 0 Å². The molecule has 8 aromatic heterocycles. The number of fused-ring (bicyclic) bond motifs is 37. The Bertz CT molecular complexity index is 11100. The molecule has 0 atom stereocenters. The summed E-state index contributed by atoms with van der Waals surface area (Å²) in [5.74, 6) is 3.68. The standard InChI is InChI=1S/2C45H25N3O2.C42H24N2S/c1-2-9-27(10-3-1)43-46-44(48-45(47-43)35-13-8-16-38-42(35)34-12-5-7-15-37(34)49-38)29-20-21-30-28(25-29)18-17-26-19-22-32-31(40(26)30)23-24-39-41(32)33-11-4-6-14-36(33)50-39;1-2-9-27(10-3-1)43-46-44(48-45(47-43)36-13-8-16-39-41(36)35-12-5-7-15-38(35)49-39)29-20-21-30-28(25-29)18-17-26-19-22-34-32(40(26)30)23-24-33-31-11-4-6-14-37(31)50-42(33)34;1-2-11-26(12-3-1)39-40(44-41-30-13-5-4-10-25(30)20-23-35(41)43-39)28-19-21-29-27(24-28)18-22-34-37(29)31-14-6-7-15-32(31)38-33-16-8-9-17-36(33)45-42(34)38/h2*1-25H;1-24H. The molecule has 32 aromatic rings. The van der Waals surface area contributed by atoms with Crippen molar-refractivity contribution in [2.75, 3.05) is 0 Å². The summed E-state index contributed by atoms with van der Waals surface area (Å²) in [4.78, 5) is 41.1. The number of thiophene rings is 1. The zero-order valence-electron chi connectivity index (χ0n) is 77.3. The molecule has 0 aliphatic carbocycles. The van der Waals surface area contributed by atoms with E-state index in [1.165, 1.54) is 106 Å². The van der Waals surface area contributed by atoms with E-state index in [-0.39, 0.29) is 0 Å². The Morgan fingerprint density at radius 1 is 0.166 bits per heavy atom. The first-order valence-electron chi connectivity index (χ1n) is 48.6. The third-order valence-electron chi connectivity index (χ3n) is 29.0. The SMILES string of the molecule is c1ccc(-c2nc(-c3ccc4c(ccc5ccc6c(ccc7c8ccccc8oc76)c54)c3)nc(-c3cccc4oc5ccccc5c34)n2)cc1.c1ccc(-c2nc(-c3ccc4c(ccc5ccc6c(ccc7oc8ccccc8c76)c54)c3)nc(-c3cccc4oc5ccccc5c34)n2)cc1.c1ccc(-c2nc3ccc4ccccc4c3nc2-c2ccc3c(ccc4c5sc6ccccc6c5c5ccccc5c34)c2)cc1. The van der Waals surface area contributed by atoms with Gasteiger partial charge < -0.3 is 17.7 Å². The van der Waals surface area contributed by atoms with Gasteiger partial charge in [-0.05, 0) is 183 Å². The fourth-order valence-electron chi connectivity index (χ4n) is 22.4. The number of hydrogen-bond donors (Lipinski definition) is 0. The summed E-state index contributed by atoms with van der Waals surface area (Å²) >= 11 is 1.90. The second-order valence-electron chi connectivity index (χ2n) is 37.2. The lowest BCUT2D eigenvalue weighted by atomic mass is 9.92. The van der Waals surface area contributed by atoms with Crippen LogP contribution in [0.25, 0.3) is 318 Å². The zero-order valence-corrected chi connectivity index (χ0v) is 78.2. The second-order valence-corrected chi connectivity index (χ2v) is 38.3. The molecule has 0 radical (unpaired) electrons. The molecule has 8 heterocycles. The smallest absolute Gasteiger partial charge is 0.164 e. The van der Waals surface area contributed by atoms with Crippen molar-refractivity contribution < 1.29 is 17.7 Å². The van der Waals surface area contributed by atoms with Crippen LogP contribution in [-0.2, 0) is 0 Å². The van der Waals surface area contributed by atoms with E-state index in [4.69, 9.17) is 57.5 Å². The number of benzene rings is 24. The number of rotatable bonds is 8. The number of furan rings is 4. The van der Waals surface area contributed by atoms with E-state index in [0.717, 1.165) is 176 Å². The van der Waals surface area contributed by atoms with Gasteiger partial charge in [0.1, 0.15) is 44.7 Å². The Hall–Kier alpha value is -19.3. The molecule has 0 saturated heterocycles. The van der Waals surface area contributed by atoms with Gasteiger partial charge in [-0.25, -0.2) is 39.9 Å². The molecule has 32 rings (SSSR count). The van der Waals surface area contributed by atoms with Gasteiger partial charge in [0.15, 0.2) is 34.9 Å². The molecule has 0 bridgehead atoms. The van der Waals surface area contributed by atoms with Crippen LogP contribution >= 0.6 is 11.3 Å². The second kappa shape index (κ2) is 32.6. The Balaban J connectivity index is 0.000000101. The highest BCUT2D eigenvalue weighted by molar-refractivity contribution is 7.27. The average molecular weight is 1870 g/mol. The third kappa shape index (κ3) is 13.2. The van der Waals surface area contributed by atoms with Gasteiger partial charge in [0, 0.05) is 124 Å². The van der Waals surface area contributed by atoms with Crippen LogP contribution in [-0.4, -0.2) is 39.9 Å². The predicted molar refractivity (Wildman–Crippen MR) is 600 cm³/mol. The highest BCUT2D eigenvalue weighted by Gasteiger charge is 2.26. The summed E-state index contributed by atoms with van der Waals surface area (Å²) < 4.78 is 27.8. The largest absolute Gasteiger partial charge is 0.456 e. The fourth-order valence-corrected chi connectivity index (χ4v) is 23.6. The summed E-state index contributed by atoms with van der Waals surface area (Å²) in [5, 5.41) is 35.3. The van der Waals surface area contributed by atoms with Gasteiger partial charge in [0.25, 0.3) is 0 Å². The Kier molecular flexibility index (Phi) is 18.4. The van der Waals surface area contributed by atoms with Crippen molar-refractivity contribution in [1.82, 2.24) is 39.9 Å². The van der Waals surface area contributed by atoms with E-state index in [1.807, 2.05) is 163 Å². The quantitative estimate of drug-likeness (QED) is 0.133. The highest BCUT2D eigenvalue weighted by atomic mass is 32.1. The summed E-state index contributed by atoms with van der Waals surface area (Å²) in [5.41, 5.74) is 18.2. The van der Waals surface area contributed by atoms with E-state index in [1.54, 1.807) is 0 Å². The molecular weight excluding hydrogens is 1790 g/mol. The van der Waals surface area contributed by atoms with Crippen molar-refractivity contribution in [3.63, 3.8) is 0 Å². The highest BCUT2D eigenvalue weighted by Crippen LogP contribution is 2.50. The predicted octanol–water partition coefficient (Wildman–Crippen LogP) is 36.2. The maximum Gasteiger partial charge on any atom is 0.164 e. The minimum atomic E-state index is 0.602. The lowest BCUT2D eigenvalue weighted by molar-refractivity contribution is 0.668. The third-order valence-corrected chi connectivity index (χ3v) is 30.2. The van der Waals surface area contributed by atoms with Gasteiger partial charge in [-0.2, -0.15) is 0 Å². The molecule has 13 heteroatoms. The summed E-state index contributed by atoms with van der Waals surface area (Å²) in [6.07, 6.45) is 0. The zero-order chi connectivity index (χ0) is 95.0. The van der Waals surface area contributed by atoms with Gasteiger partial charge in [-0.1, -0.05) is 358 Å². The minimum Gasteiger partial charge on any atom is -0.456 e. The molecule has 24 aromatic carbocycles. The van der Waals surface area contributed by atoms with E-state index in [2.05, 4.69) is 297 Å². The van der Waals surface area contributed by atoms with Crippen molar-refractivity contribution in [2.24, 2.45) is 0 Å². The monoisotopic (exact) mass is 1870 g/mol. The molecule has 0 aliphatic heterocycles. The molecule has 672 valence electrons. The molecule has 145 heavy (non-hydrogen) atoms. The maximum absolute atomic E-state index is 6.42. The summed E-state index contributed by atoms with van der Waals surface area (Å²) in [6.45, 7) is 0. The molecular formula is C132H74N8O4S. The first-order chi connectivity index (χ1) is 71.8.